The first kappa shape index (κ1) is 19.6. The topological polar surface area (TPSA) is 61.7 Å². The van der Waals surface area contributed by atoms with Gasteiger partial charge in [-0.2, -0.15) is 0 Å². The van der Waals surface area contributed by atoms with E-state index in [9.17, 15) is 10.0 Å². The van der Waals surface area contributed by atoms with Gasteiger partial charge in [0, 0.05) is 7.05 Å². The number of rotatable bonds is 6. The number of hydrogen-bond donors (Lipinski definition) is 2. The van der Waals surface area contributed by atoms with Gasteiger partial charge in [0.25, 0.3) is 0 Å². The average Bonchev–Trinajstić information content (AvgIpc) is 2.33. The maximum atomic E-state index is 12.1. The second kappa shape index (κ2) is 8.82. The second-order valence-corrected chi connectivity index (χ2v) is 9.30. The number of carbonyl (C=O) groups is 1. The molecule has 0 aliphatic carbocycles. The summed E-state index contributed by atoms with van der Waals surface area (Å²) in [6.45, 7) is 12.4. The van der Waals surface area contributed by atoms with Gasteiger partial charge in [-0.3, -0.25) is 4.79 Å². The smallest absolute Gasteiger partial charge is 0.230 e. The maximum Gasteiger partial charge on any atom is 0.230 e. The summed E-state index contributed by atoms with van der Waals surface area (Å²) in [5, 5.41) is 15.9. The summed E-state index contributed by atoms with van der Waals surface area (Å²) >= 11 is 3.28. The van der Waals surface area contributed by atoms with Gasteiger partial charge in [0.05, 0.1) is 10.5 Å². The molecule has 20 heavy (non-hydrogen) atoms. The predicted molar refractivity (Wildman–Crippen MR) is 90.6 cm³/mol. The van der Waals surface area contributed by atoms with E-state index in [2.05, 4.69) is 31.2 Å². The molecule has 0 saturated carbocycles. The lowest BCUT2D eigenvalue weighted by Crippen LogP contribution is -2.40. The molecule has 2 unspecified atom stereocenters. The first-order valence-electron chi connectivity index (χ1n) is 6.85. The molecule has 0 radical (unpaired) electrons. The Kier molecular flexibility index (Phi) is 8.66. The Hall–Kier alpha value is -0.360. The van der Waals surface area contributed by atoms with Crippen LogP contribution in [-0.2, 0) is 4.79 Å². The molecule has 2 atom stereocenters. The molecule has 0 bridgehead atoms. The Labute approximate surface area is 131 Å². The molecule has 118 valence electrons. The Morgan fingerprint density at radius 3 is 2.20 bits per heavy atom. The van der Waals surface area contributed by atoms with Crippen molar-refractivity contribution in [1.29, 1.82) is 0 Å². The zero-order chi connectivity index (χ0) is 15.9. The number of thioether (sulfide) groups is 2. The Balaban J connectivity index is 4.90. The molecule has 0 aromatic rings. The van der Waals surface area contributed by atoms with Crippen molar-refractivity contribution in [2.45, 2.75) is 46.1 Å². The fraction of sp³-hybridized carbons (Fsp3) is 0.857. The minimum absolute atomic E-state index is 0.112. The fourth-order valence-electron chi connectivity index (χ4n) is 1.70. The van der Waals surface area contributed by atoms with Gasteiger partial charge in [0.1, 0.15) is 5.04 Å². The molecule has 0 aromatic heterocycles. The lowest BCUT2D eigenvalue weighted by molar-refractivity contribution is -0.124. The van der Waals surface area contributed by atoms with Crippen LogP contribution in [0.4, 0.5) is 0 Å². The summed E-state index contributed by atoms with van der Waals surface area (Å²) in [4.78, 5) is 12.1. The number of carbonyl (C=O) groups excluding carboxylic acids is 1. The molecule has 0 aliphatic rings. The van der Waals surface area contributed by atoms with Crippen LogP contribution < -0.4 is 5.32 Å². The lowest BCUT2D eigenvalue weighted by Gasteiger charge is -2.30. The van der Waals surface area contributed by atoms with Gasteiger partial charge >= 0.3 is 0 Å². The largest absolute Gasteiger partial charge is 0.410 e. The van der Waals surface area contributed by atoms with Crippen LogP contribution in [0.25, 0.3) is 0 Å². The van der Waals surface area contributed by atoms with Crippen LogP contribution in [0, 0.1) is 17.3 Å². The molecule has 0 rings (SSSR count). The van der Waals surface area contributed by atoms with E-state index in [1.54, 1.807) is 7.05 Å². The highest BCUT2D eigenvalue weighted by Crippen LogP contribution is 2.35. The summed E-state index contributed by atoms with van der Waals surface area (Å²) < 4.78 is 0.248. The molecule has 0 spiro atoms. The van der Waals surface area contributed by atoms with E-state index in [0.29, 0.717) is 11.0 Å². The molecule has 0 fully saturated rings. The molecule has 0 heterocycles. The van der Waals surface area contributed by atoms with Gasteiger partial charge in [0.15, 0.2) is 0 Å². The summed E-state index contributed by atoms with van der Waals surface area (Å²) in [5.74, 6) is 1.12. The molecule has 4 nitrogen and oxygen atoms in total. The standard InChI is InChI=1S/C14H28N2O2S2/c1-9(2)8-19-10(3)20-13(16-18)11(12(17)15-7)14(4,5)6/h9-11,18H,8H2,1-7H3,(H,15,17)/b16-13-. The number of nitrogens with zero attached hydrogens (tertiary/aromatic N) is 1. The van der Waals surface area contributed by atoms with Gasteiger partial charge in [-0.25, -0.2) is 0 Å². The maximum absolute atomic E-state index is 12.1. The van der Waals surface area contributed by atoms with Crippen molar-refractivity contribution < 1.29 is 10.0 Å². The van der Waals surface area contributed by atoms with Crippen molar-refractivity contribution >= 4 is 34.5 Å². The zero-order valence-electron chi connectivity index (χ0n) is 13.6. The highest BCUT2D eigenvalue weighted by atomic mass is 32.2. The van der Waals surface area contributed by atoms with Gasteiger partial charge < -0.3 is 10.5 Å². The van der Waals surface area contributed by atoms with E-state index in [4.69, 9.17) is 0 Å². The number of amides is 1. The molecule has 6 heteroatoms. The van der Waals surface area contributed by atoms with Crippen molar-refractivity contribution in [3.63, 3.8) is 0 Å². The second-order valence-electron chi connectivity index (χ2n) is 6.26. The fourth-order valence-corrected chi connectivity index (χ4v) is 4.15. The van der Waals surface area contributed by atoms with E-state index in [1.807, 2.05) is 32.5 Å². The number of nitrogens with one attached hydrogen (secondary N) is 1. The van der Waals surface area contributed by atoms with E-state index >= 15 is 0 Å². The summed E-state index contributed by atoms with van der Waals surface area (Å²) in [5.41, 5.74) is -0.295. The first-order chi connectivity index (χ1) is 9.13. The predicted octanol–water partition coefficient (Wildman–Crippen LogP) is 3.65. The highest BCUT2D eigenvalue weighted by molar-refractivity contribution is 8.25. The average molecular weight is 321 g/mol. The van der Waals surface area contributed by atoms with Gasteiger partial charge in [-0.05, 0) is 24.0 Å². The van der Waals surface area contributed by atoms with Crippen molar-refractivity contribution in [2.24, 2.45) is 22.4 Å². The third kappa shape index (κ3) is 6.88. The summed E-state index contributed by atoms with van der Waals surface area (Å²) in [7, 11) is 1.61. The minimum atomic E-state index is -0.440. The van der Waals surface area contributed by atoms with E-state index in [0.717, 1.165) is 5.75 Å². The van der Waals surface area contributed by atoms with Crippen LogP contribution >= 0.6 is 23.5 Å². The Bertz CT molecular complexity index is 339. The van der Waals surface area contributed by atoms with Gasteiger partial charge in [0.2, 0.25) is 5.91 Å². The van der Waals surface area contributed by atoms with Crippen LogP contribution in [0.2, 0.25) is 0 Å². The van der Waals surface area contributed by atoms with Crippen molar-refractivity contribution in [3.05, 3.63) is 0 Å². The quantitative estimate of drug-likeness (QED) is 0.258. The zero-order valence-corrected chi connectivity index (χ0v) is 15.2. The van der Waals surface area contributed by atoms with E-state index in [1.165, 1.54) is 11.8 Å². The van der Waals surface area contributed by atoms with Gasteiger partial charge in [-0.1, -0.05) is 51.5 Å². The minimum Gasteiger partial charge on any atom is -0.410 e. The van der Waals surface area contributed by atoms with E-state index in [-0.39, 0.29) is 15.9 Å². The normalized spacial score (nSPS) is 16.1. The molecule has 0 saturated heterocycles. The molecule has 0 aliphatic heterocycles. The van der Waals surface area contributed by atoms with Crippen LogP contribution in [0.1, 0.15) is 41.5 Å². The van der Waals surface area contributed by atoms with Crippen molar-refractivity contribution in [2.75, 3.05) is 12.8 Å². The Morgan fingerprint density at radius 2 is 1.85 bits per heavy atom. The molecular weight excluding hydrogens is 292 g/mol. The van der Waals surface area contributed by atoms with Gasteiger partial charge in [-0.15, -0.1) is 11.8 Å². The third-order valence-electron chi connectivity index (χ3n) is 2.67. The highest BCUT2D eigenvalue weighted by Gasteiger charge is 2.36. The van der Waals surface area contributed by atoms with Crippen molar-refractivity contribution in [3.8, 4) is 0 Å². The summed E-state index contributed by atoms with van der Waals surface area (Å²) in [6, 6.07) is 0. The number of oxime groups is 1. The number of hydrogen-bond acceptors (Lipinski definition) is 5. The summed E-state index contributed by atoms with van der Waals surface area (Å²) in [6.07, 6.45) is 0. The van der Waals surface area contributed by atoms with Crippen LogP contribution in [0.5, 0.6) is 0 Å². The van der Waals surface area contributed by atoms with E-state index < -0.39 is 5.92 Å². The first-order valence-corrected chi connectivity index (χ1v) is 8.78. The monoisotopic (exact) mass is 320 g/mol. The molecule has 2 N–H and O–H groups in total. The third-order valence-corrected chi connectivity index (χ3v) is 5.59. The lowest BCUT2D eigenvalue weighted by atomic mass is 9.80. The molecule has 1 amide bonds. The SMILES string of the molecule is CNC(=O)C(/C(=N/O)SC(C)SCC(C)C)C(C)(C)C. The molecule has 0 aromatic carbocycles. The van der Waals surface area contributed by atoms with Crippen LogP contribution in [0.3, 0.4) is 0 Å². The molecular formula is C14H28N2O2S2. The Morgan fingerprint density at radius 1 is 1.30 bits per heavy atom. The van der Waals surface area contributed by atoms with Crippen LogP contribution in [-0.4, -0.2) is 33.5 Å². The van der Waals surface area contributed by atoms with Crippen molar-refractivity contribution in [1.82, 2.24) is 5.32 Å². The van der Waals surface area contributed by atoms with Crippen LogP contribution in [0.15, 0.2) is 5.16 Å².